The largest absolute Gasteiger partial charge is 0.497 e. The lowest BCUT2D eigenvalue weighted by Gasteiger charge is -2.10. The van der Waals surface area contributed by atoms with Crippen molar-refractivity contribution >= 4 is 17.5 Å². The van der Waals surface area contributed by atoms with Gasteiger partial charge in [-0.05, 0) is 29.8 Å². The average Bonchev–Trinajstić information content (AvgIpc) is 2.66. The molecule has 2 N–H and O–H groups in total. The summed E-state index contributed by atoms with van der Waals surface area (Å²) < 4.78 is 10.3. The summed E-state index contributed by atoms with van der Waals surface area (Å²) in [5, 5.41) is 14.0. The quantitative estimate of drug-likeness (QED) is 0.796. The molecule has 0 spiro atoms. The summed E-state index contributed by atoms with van der Waals surface area (Å²) >= 11 is 0. The van der Waals surface area contributed by atoms with Gasteiger partial charge >= 0.3 is 0 Å². The topological polar surface area (TPSA) is 100 Å². The summed E-state index contributed by atoms with van der Waals surface area (Å²) in [7, 11) is 3.03. The number of hydrogen-bond acceptors (Lipinski definition) is 5. The van der Waals surface area contributed by atoms with Crippen LogP contribution in [0.5, 0.6) is 11.5 Å². The Labute approximate surface area is 151 Å². The third-order valence-electron chi connectivity index (χ3n) is 3.52. The number of rotatable bonds is 7. The molecule has 0 aliphatic heterocycles. The predicted octanol–water partition coefficient (Wildman–Crippen LogP) is 2.49. The van der Waals surface area contributed by atoms with Gasteiger partial charge in [0.15, 0.2) is 0 Å². The predicted molar refractivity (Wildman–Crippen MR) is 96.0 cm³/mol. The van der Waals surface area contributed by atoms with Gasteiger partial charge in [-0.15, -0.1) is 0 Å². The molecule has 0 radical (unpaired) electrons. The third kappa shape index (κ3) is 5.24. The van der Waals surface area contributed by atoms with Gasteiger partial charge in [0.1, 0.15) is 17.9 Å². The van der Waals surface area contributed by atoms with Crippen molar-refractivity contribution in [2.45, 2.75) is 13.0 Å². The van der Waals surface area contributed by atoms with E-state index in [0.29, 0.717) is 22.7 Å². The number of carbonyl (C=O) groups is 2. The number of amides is 2. The van der Waals surface area contributed by atoms with E-state index < -0.39 is 0 Å². The first-order chi connectivity index (χ1) is 12.5. The van der Waals surface area contributed by atoms with Crippen molar-refractivity contribution in [3.8, 4) is 17.6 Å². The number of anilines is 1. The van der Waals surface area contributed by atoms with E-state index in [9.17, 15) is 9.59 Å². The second-order valence-electron chi connectivity index (χ2n) is 5.37. The van der Waals surface area contributed by atoms with Crippen LogP contribution in [0.4, 0.5) is 5.69 Å². The number of nitrogens with one attached hydrogen (secondary N) is 2. The van der Waals surface area contributed by atoms with Gasteiger partial charge in [-0.25, -0.2) is 0 Å². The van der Waals surface area contributed by atoms with Crippen molar-refractivity contribution in [1.29, 1.82) is 5.26 Å². The first-order valence-corrected chi connectivity index (χ1v) is 7.82. The van der Waals surface area contributed by atoms with Gasteiger partial charge < -0.3 is 20.1 Å². The normalized spacial score (nSPS) is 9.73. The van der Waals surface area contributed by atoms with E-state index >= 15 is 0 Å². The smallest absolute Gasteiger partial charge is 0.251 e. The second kappa shape index (κ2) is 9.08. The molecule has 0 aliphatic carbocycles. The van der Waals surface area contributed by atoms with Gasteiger partial charge in [0.05, 0.1) is 20.3 Å². The molecule has 0 fully saturated rings. The number of ether oxygens (including phenoxy) is 2. The summed E-state index contributed by atoms with van der Waals surface area (Å²) in [4.78, 5) is 23.8. The van der Waals surface area contributed by atoms with Crippen LogP contribution >= 0.6 is 0 Å². The molecule has 26 heavy (non-hydrogen) atoms. The standard InChI is InChI=1S/C19H19N3O4/c1-25-16-9-14(10-17(11-16)26-2)19(24)21-12-13-4-3-5-15(8-13)22-18(23)6-7-20/h3-5,8-11H,6,12H2,1-2H3,(H,21,24)(H,22,23). The van der Waals surface area contributed by atoms with Crippen LogP contribution in [0, 0.1) is 11.3 Å². The Kier molecular flexibility index (Phi) is 6.57. The lowest BCUT2D eigenvalue weighted by atomic mass is 10.1. The minimum Gasteiger partial charge on any atom is -0.497 e. The van der Waals surface area contributed by atoms with Crippen LogP contribution in [0.1, 0.15) is 22.3 Å². The Morgan fingerprint density at radius 3 is 2.38 bits per heavy atom. The fourth-order valence-corrected chi connectivity index (χ4v) is 2.26. The monoisotopic (exact) mass is 353 g/mol. The Balaban J connectivity index is 2.03. The molecule has 0 unspecified atom stereocenters. The zero-order valence-corrected chi connectivity index (χ0v) is 14.5. The highest BCUT2D eigenvalue weighted by Gasteiger charge is 2.10. The fourth-order valence-electron chi connectivity index (χ4n) is 2.26. The highest BCUT2D eigenvalue weighted by Crippen LogP contribution is 2.22. The average molecular weight is 353 g/mol. The molecule has 7 nitrogen and oxygen atoms in total. The van der Waals surface area contributed by atoms with Crippen LogP contribution in [0.25, 0.3) is 0 Å². The first-order valence-electron chi connectivity index (χ1n) is 7.82. The van der Waals surface area contributed by atoms with E-state index in [1.54, 1.807) is 42.5 Å². The highest BCUT2D eigenvalue weighted by atomic mass is 16.5. The van der Waals surface area contributed by atoms with Crippen LogP contribution in [-0.2, 0) is 11.3 Å². The minimum atomic E-state index is -0.378. The van der Waals surface area contributed by atoms with Crippen molar-refractivity contribution in [2.24, 2.45) is 0 Å². The molecule has 2 rings (SSSR count). The Morgan fingerprint density at radius 1 is 1.08 bits per heavy atom. The molecule has 0 heterocycles. The minimum absolute atomic E-state index is 0.210. The summed E-state index contributed by atoms with van der Waals surface area (Å²) in [5.41, 5.74) is 1.79. The summed E-state index contributed by atoms with van der Waals surface area (Å²) in [6, 6.07) is 13.8. The van der Waals surface area contributed by atoms with Crippen LogP contribution in [0.3, 0.4) is 0 Å². The van der Waals surface area contributed by atoms with Crippen LogP contribution < -0.4 is 20.1 Å². The van der Waals surface area contributed by atoms with Crippen molar-refractivity contribution in [3.05, 3.63) is 53.6 Å². The van der Waals surface area contributed by atoms with Crippen molar-refractivity contribution < 1.29 is 19.1 Å². The van der Waals surface area contributed by atoms with Gasteiger partial charge in [0.25, 0.3) is 5.91 Å². The van der Waals surface area contributed by atoms with E-state index in [1.807, 2.05) is 6.07 Å². The lowest BCUT2D eigenvalue weighted by molar-refractivity contribution is -0.115. The number of carbonyl (C=O) groups excluding carboxylic acids is 2. The van der Waals surface area contributed by atoms with Gasteiger partial charge in [-0.2, -0.15) is 5.26 Å². The maximum absolute atomic E-state index is 12.4. The molecule has 0 aliphatic rings. The first kappa shape index (κ1) is 18.8. The van der Waals surface area contributed by atoms with Crippen molar-refractivity contribution in [1.82, 2.24) is 5.32 Å². The van der Waals surface area contributed by atoms with Gasteiger partial charge in [0, 0.05) is 23.9 Å². The Morgan fingerprint density at radius 2 is 1.77 bits per heavy atom. The van der Waals surface area contributed by atoms with Crippen molar-refractivity contribution in [3.63, 3.8) is 0 Å². The number of nitriles is 1. The summed E-state index contributed by atoms with van der Waals surface area (Å²) in [5.74, 6) is 0.395. The van der Waals surface area contributed by atoms with E-state index in [-0.39, 0.29) is 24.8 Å². The molecule has 134 valence electrons. The number of nitrogens with zero attached hydrogens (tertiary/aromatic N) is 1. The van der Waals surface area contributed by atoms with Gasteiger partial charge in [-0.3, -0.25) is 9.59 Å². The van der Waals surface area contributed by atoms with E-state index in [4.69, 9.17) is 14.7 Å². The zero-order chi connectivity index (χ0) is 18.9. The number of methoxy groups -OCH3 is 2. The molecule has 0 atom stereocenters. The van der Waals surface area contributed by atoms with Crippen LogP contribution in [0.2, 0.25) is 0 Å². The molecule has 0 bridgehead atoms. The SMILES string of the molecule is COc1cc(OC)cc(C(=O)NCc2cccc(NC(=O)CC#N)c2)c1. The molecule has 7 heteroatoms. The van der Waals surface area contributed by atoms with E-state index in [2.05, 4.69) is 10.6 Å². The highest BCUT2D eigenvalue weighted by molar-refractivity contribution is 5.95. The fraction of sp³-hybridized carbons (Fsp3) is 0.211. The molecule has 2 aromatic carbocycles. The van der Waals surface area contributed by atoms with E-state index in [0.717, 1.165) is 5.56 Å². The van der Waals surface area contributed by atoms with Gasteiger partial charge in [0.2, 0.25) is 5.91 Å². The Bertz CT molecular complexity index is 821. The molecule has 0 saturated carbocycles. The molecule has 0 aromatic heterocycles. The van der Waals surface area contributed by atoms with E-state index in [1.165, 1.54) is 14.2 Å². The Hall–Kier alpha value is -3.53. The summed E-state index contributed by atoms with van der Waals surface area (Å²) in [6.45, 7) is 0.278. The number of benzene rings is 2. The van der Waals surface area contributed by atoms with Crippen molar-refractivity contribution in [2.75, 3.05) is 19.5 Å². The maximum atomic E-state index is 12.4. The summed E-state index contributed by atoms with van der Waals surface area (Å²) in [6.07, 6.45) is -0.210. The third-order valence-corrected chi connectivity index (χ3v) is 3.52. The van der Waals surface area contributed by atoms with Crippen LogP contribution in [0.15, 0.2) is 42.5 Å². The lowest BCUT2D eigenvalue weighted by Crippen LogP contribution is -2.23. The maximum Gasteiger partial charge on any atom is 0.251 e. The molecule has 0 saturated heterocycles. The molecule has 2 aromatic rings. The molecular weight excluding hydrogens is 334 g/mol. The van der Waals surface area contributed by atoms with Crippen LogP contribution in [-0.4, -0.2) is 26.0 Å². The number of hydrogen-bond donors (Lipinski definition) is 2. The zero-order valence-electron chi connectivity index (χ0n) is 14.5. The molecule has 2 amide bonds. The molecular formula is C19H19N3O4. The van der Waals surface area contributed by atoms with Gasteiger partial charge in [-0.1, -0.05) is 12.1 Å². The second-order valence-corrected chi connectivity index (χ2v) is 5.37.